The second-order valence-corrected chi connectivity index (χ2v) is 19.1. The van der Waals surface area contributed by atoms with E-state index in [1.165, 1.54) is 89.9 Å². The molecule has 0 amide bonds. The molecule has 1 nitrogen and oxygen atoms in total. The summed E-state index contributed by atoms with van der Waals surface area (Å²) in [5.41, 5.74) is 1.29. The van der Waals surface area contributed by atoms with Crippen LogP contribution in [0.5, 0.6) is 5.75 Å². The lowest BCUT2D eigenvalue weighted by Crippen LogP contribution is -2.27. The second-order valence-electron chi connectivity index (χ2n) is 19.1. The van der Waals surface area contributed by atoms with Gasteiger partial charge in [0.2, 0.25) is 5.82 Å². The van der Waals surface area contributed by atoms with Gasteiger partial charge < -0.3 is 4.74 Å². The monoisotopic (exact) mass is 767 g/mol. The van der Waals surface area contributed by atoms with E-state index in [9.17, 15) is 17.6 Å². The van der Waals surface area contributed by atoms with Crippen molar-refractivity contribution in [1.82, 2.24) is 0 Å². The molecule has 0 aromatic heterocycles. The van der Waals surface area contributed by atoms with E-state index < -0.39 is 23.3 Å². The molecule has 0 atom stereocenters. The van der Waals surface area contributed by atoms with Crippen molar-refractivity contribution in [1.29, 1.82) is 0 Å². The Morgan fingerprint density at radius 2 is 0.909 bits per heavy atom. The van der Waals surface area contributed by atoms with Crippen molar-refractivity contribution in [3.8, 4) is 5.75 Å². The molecule has 0 unspecified atom stereocenters. The van der Waals surface area contributed by atoms with Crippen molar-refractivity contribution in [2.75, 3.05) is 6.61 Å². The van der Waals surface area contributed by atoms with Gasteiger partial charge in [0.1, 0.15) is 0 Å². The summed E-state index contributed by atoms with van der Waals surface area (Å²) < 4.78 is 60.2. The molecule has 5 fully saturated rings. The van der Waals surface area contributed by atoms with E-state index in [0.717, 1.165) is 85.9 Å². The topological polar surface area (TPSA) is 9.23 Å². The van der Waals surface area contributed by atoms with Crippen LogP contribution >= 0.6 is 0 Å². The summed E-state index contributed by atoms with van der Waals surface area (Å²) in [6.45, 7) is 14.6. The number of hydrogen-bond donors (Lipinski definition) is 0. The van der Waals surface area contributed by atoms with Gasteiger partial charge in [-0.1, -0.05) is 83.6 Å². The van der Waals surface area contributed by atoms with Crippen molar-refractivity contribution in [2.24, 2.45) is 53.3 Å². The lowest BCUT2D eigenvalue weighted by molar-refractivity contribution is 0.124. The maximum atomic E-state index is 13.9. The normalized spacial score (nSPS) is 32.6. The lowest BCUT2D eigenvalue weighted by Gasteiger charge is -2.37. The first kappa shape index (κ1) is 43.8. The molecule has 5 aliphatic rings. The SMILES string of the molecule is C=CC1CCC(C2CCC(C)CC2)CC1.Cc1ccc(C2CCC(C)CC2)c(F)c1F.Cc1ccc(OCC2CCC(C3CCC(C)CC3)CC2)c(F)c1F. The number of hydrogen-bond acceptors (Lipinski definition) is 1. The summed E-state index contributed by atoms with van der Waals surface area (Å²) >= 11 is 0. The Morgan fingerprint density at radius 3 is 1.38 bits per heavy atom. The van der Waals surface area contributed by atoms with Crippen LogP contribution in [0.1, 0.15) is 172 Å². The quantitative estimate of drug-likeness (QED) is 0.201. The Balaban J connectivity index is 0.000000165. The molecular weight excluding hydrogens is 693 g/mol. The van der Waals surface area contributed by atoms with Crippen molar-refractivity contribution in [3.05, 3.63) is 76.9 Å². The Labute approximate surface area is 332 Å². The molecule has 2 aromatic rings. The minimum atomic E-state index is -0.847. The van der Waals surface area contributed by atoms with Crippen LogP contribution in [-0.2, 0) is 0 Å². The molecule has 2 aromatic carbocycles. The van der Waals surface area contributed by atoms with Gasteiger partial charge in [-0.3, -0.25) is 0 Å². The van der Waals surface area contributed by atoms with E-state index in [1.807, 2.05) is 0 Å². The zero-order valence-corrected chi connectivity index (χ0v) is 35.1. The maximum Gasteiger partial charge on any atom is 0.200 e. The van der Waals surface area contributed by atoms with Gasteiger partial charge in [0.25, 0.3) is 0 Å². The van der Waals surface area contributed by atoms with Crippen molar-refractivity contribution in [3.63, 3.8) is 0 Å². The minimum Gasteiger partial charge on any atom is -0.490 e. The minimum absolute atomic E-state index is 0.0569. The molecule has 0 saturated heterocycles. The number of aryl methyl sites for hydroxylation is 2. The van der Waals surface area contributed by atoms with E-state index in [1.54, 1.807) is 38.1 Å². The van der Waals surface area contributed by atoms with E-state index in [2.05, 4.69) is 33.4 Å². The van der Waals surface area contributed by atoms with Crippen LogP contribution < -0.4 is 4.74 Å². The van der Waals surface area contributed by atoms with Crippen molar-refractivity contribution in [2.45, 2.75) is 169 Å². The molecule has 0 aliphatic heterocycles. The Morgan fingerprint density at radius 1 is 0.509 bits per heavy atom. The average molecular weight is 767 g/mol. The number of ether oxygens (including phenoxy) is 1. The van der Waals surface area contributed by atoms with Crippen LogP contribution in [0.3, 0.4) is 0 Å². The molecule has 0 spiro atoms. The molecule has 55 heavy (non-hydrogen) atoms. The first-order valence-corrected chi connectivity index (χ1v) is 22.6. The summed E-state index contributed by atoms with van der Waals surface area (Å²) in [5, 5.41) is 0. The number of allylic oxidation sites excluding steroid dienone is 1. The van der Waals surface area contributed by atoms with Crippen molar-refractivity contribution >= 4 is 0 Å². The summed E-state index contributed by atoms with van der Waals surface area (Å²) in [7, 11) is 0. The largest absolute Gasteiger partial charge is 0.490 e. The smallest absolute Gasteiger partial charge is 0.200 e. The highest BCUT2D eigenvalue weighted by molar-refractivity contribution is 5.30. The predicted octanol–water partition coefficient (Wildman–Crippen LogP) is 15.7. The Kier molecular flexibility index (Phi) is 17.1. The Bertz CT molecular complexity index is 1450. The van der Waals surface area contributed by atoms with Gasteiger partial charge in [-0.2, -0.15) is 4.39 Å². The van der Waals surface area contributed by atoms with Crippen LogP contribution in [0, 0.1) is 90.4 Å². The molecule has 0 radical (unpaired) electrons. The van der Waals surface area contributed by atoms with Crippen LogP contribution in [0.15, 0.2) is 36.9 Å². The van der Waals surface area contributed by atoms with Crippen LogP contribution in [-0.4, -0.2) is 6.61 Å². The molecule has 0 bridgehead atoms. The van der Waals surface area contributed by atoms with E-state index in [4.69, 9.17) is 4.74 Å². The van der Waals surface area contributed by atoms with Crippen LogP contribution in [0.2, 0.25) is 0 Å². The molecule has 0 N–H and O–H groups in total. The first-order valence-electron chi connectivity index (χ1n) is 22.6. The number of rotatable bonds is 7. The van der Waals surface area contributed by atoms with Gasteiger partial charge in [-0.25, -0.2) is 13.2 Å². The predicted molar refractivity (Wildman–Crippen MR) is 221 cm³/mol. The fourth-order valence-corrected chi connectivity index (χ4v) is 10.7. The highest BCUT2D eigenvalue weighted by Crippen LogP contribution is 2.43. The van der Waals surface area contributed by atoms with E-state index in [-0.39, 0.29) is 11.7 Å². The van der Waals surface area contributed by atoms with Gasteiger partial charge in [-0.05, 0) is 186 Å². The molecular formula is C50H74F4O. The van der Waals surface area contributed by atoms with Crippen LogP contribution in [0.4, 0.5) is 17.6 Å². The zero-order valence-electron chi connectivity index (χ0n) is 35.1. The fraction of sp³-hybridized carbons (Fsp3) is 0.720. The summed E-state index contributed by atoms with van der Waals surface area (Å²) in [4.78, 5) is 0. The highest BCUT2D eigenvalue weighted by Gasteiger charge is 2.31. The molecule has 308 valence electrons. The first-order chi connectivity index (χ1) is 26.4. The lowest BCUT2D eigenvalue weighted by atomic mass is 9.69. The maximum absolute atomic E-state index is 13.9. The molecule has 5 heteroatoms. The molecule has 5 aliphatic carbocycles. The third kappa shape index (κ3) is 12.6. The van der Waals surface area contributed by atoms with E-state index >= 15 is 0 Å². The third-order valence-corrected chi connectivity index (χ3v) is 15.0. The standard InChI is InChI=1S/C21H30F2O.C15H26.C14H18F2/c1-14-3-8-17(9-4-14)18-10-6-16(7-11-18)13-24-19-12-5-15(2)20(22)21(19)23;1-3-13-6-10-15(11-7-13)14-8-4-12(2)5-9-14;1-9-3-6-11(7-4-9)12-8-5-10(2)13(15)14(12)16/h5,12,14,16-18H,3-4,6-11,13H2,1-2H3;3,12-15H,1,4-11H2,2H3;5,8-9,11H,3-4,6-7H2,1-2H3. The van der Waals surface area contributed by atoms with Gasteiger partial charge in [0, 0.05) is 0 Å². The zero-order chi connectivity index (χ0) is 39.5. The summed E-state index contributed by atoms with van der Waals surface area (Å²) in [6, 6.07) is 6.57. The van der Waals surface area contributed by atoms with Crippen LogP contribution in [0.25, 0.3) is 0 Å². The summed E-state index contributed by atoms with van der Waals surface area (Å²) in [5.74, 6) is 5.24. The third-order valence-electron chi connectivity index (χ3n) is 15.0. The fourth-order valence-electron chi connectivity index (χ4n) is 10.7. The van der Waals surface area contributed by atoms with Gasteiger partial charge in [0.05, 0.1) is 6.61 Å². The summed E-state index contributed by atoms with van der Waals surface area (Å²) in [6.07, 6.45) is 28.7. The Hall–Kier alpha value is -2.30. The average Bonchev–Trinajstić information content (AvgIpc) is 3.21. The second kappa shape index (κ2) is 21.5. The number of benzene rings is 2. The van der Waals surface area contributed by atoms with Gasteiger partial charge in [-0.15, -0.1) is 6.58 Å². The molecule has 0 heterocycles. The van der Waals surface area contributed by atoms with Gasteiger partial charge in [0.15, 0.2) is 23.2 Å². The van der Waals surface area contributed by atoms with Crippen molar-refractivity contribution < 1.29 is 22.3 Å². The van der Waals surface area contributed by atoms with E-state index in [0.29, 0.717) is 29.2 Å². The molecule has 5 saturated carbocycles. The number of halogens is 4. The molecule has 7 rings (SSSR count). The highest BCUT2D eigenvalue weighted by atomic mass is 19.2. The van der Waals surface area contributed by atoms with Gasteiger partial charge >= 0.3 is 0 Å².